The molecule has 0 radical (unpaired) electrons. The van der Waals surface area contributed by atoms with Gasteiger partial charge in [0.2, 0.25) is 11.7 Å². The first-order valence-electron chi connectivity index (χ1n) is 10.5. The number of nitrogens with one attached hydrogen (secondary N) is 3. The van der Waals surface area contributed by atoms with E-state index in [9.17, 15) is 9.59 Å². The largest absolute Gasteiger partial charge is 0.370 e. The topological polar surface area (TPSA) is 113 Å². The number of carbonyl (C=O) groups excluding carboxylic acids is 2. The Morgan fingerprint density at radius 2 is 2.06 bits per heavy atom. The van der Waals surface area contributed by atoms with Crippen molar-refractivity contribution in [2.75, 3.05) is 6.61 Å². The molecular weight excluding hydrogens is 479 g/mol. The third kappa shape index (κ3) is 4.37. The highest BCUT2D eigenvalue weighted by Crippen LogP contribution is 2.36. The number of aromatic nitrogens is 4. The van der Waals surface area contributed by atoms with Gasteiger partial charge < -0.3 is 20.4 Å². The van der Waals surface area contributed by atoms with E-state index in [1.807, 2.05) is 36.5 Å². The first-order chi connectivity index (χ1) is 16.4. The van der Waals surface area contributed by atoms with Crippen LogP contribution in [0, 0.1) is 0 Å². The average Bonchev–Trinajstić information content (AvgIpc) is 3.55. The van der Waals surface area contributed by atoms with Gasteiger partial charge in [0.15, 0.2) is 0 Å². The molecule has 34 heavy (non-hydrogen) atoms. The van der Waals surface area contributed by atoms with E-state index >= 15 is 0 Å². The number of fused-ring (bicyclic) bond motifs is 1. The summed E-state index contributed by atoms with van der Waals surface area (Å²) in [6.45, 7) is 0.162. The Labute approximate surface area is 204 Å². The first-order valence-corrected chi connectivity index (χ1v) is 11.3. The molecule has 0 spiro atoms. The zero-order valence-electron chi connectivity index (χ0n) is 17.8. The number of hydrogen-bond donors (Lipinski definition) is 3. The Morgan fingerprint density at radius 3 is 2.79 bits per heavy atom. The van der Waals surface area contributed by atoms with Gasteiger partial charge in [0.1, 0.15) is 16.4 Å². The van der Waals surface area contributed by atoms with Gasteiger partial charge in [0.05, 0.1) is 30.0 Å². The number of nitrogens with zero attached hydrogens (tertiary/aromatic N) is 3. The van der Waals surface area contributed by atoms with Crippen molar-refractivity contribution in [2.45, 2.75) is 24.6 Å². The molecule has 1 saturated heterocycles. The molecule has 0 aliphatic carbocycles. The molecule has 2 amide bonds. The lowest BCUT2D eigenvalue weighted by Crippen LogP contribution is -2.59. The molecule has 0 unspecified atom stereocenters. The lowest BCUT2D eigenvalue weighted by molar-refractivity contribution is -0.127. The van der Waals surface area contributed by atoms with Crippen molar-refractivity contribution in [3.05, 3.63) is 88.2 Å². The van der Waals surface area contributed by atoms with E-state index < -0.39 is 11.4 Å². The molecular formula is C23H20Cl2N6O3. The minimum atomic E-state index is -1.31. The van der Waals surface area contributed by atoms with Crippen LogP contribution in [0.5, 0.6) is 0 Å². The normalized spacial score (nSPS) is 19.9. The minimum absolute atomic E-state index is 0.000964. The maximum absolute atomic E-state index is 13.5. The van der Waals surface area contributed by atoms with Crippen LogP contribution in [-0.4, -0.2) is 43.3 Å². The van der Waals surface area contributed by atoms with E-state index in [1.165, 1.54) is 6.07 Å². The third-order valence-electron chi connectivity index (χ3n) is 5.71. The summed E-state index contributed by atoms with van der Waals surface area (Å²) in [4.78, 5) is 37.7. The first kappa shape index (κ1) is 22.4. The summed E-state index contributed by atoms with van der Waals surface area (Å²) in [5.41, 5.74) is 0.398. The van der Waals surface area contributed by atoms with Gasteiger partial charge in [-0.05, 0) is 17.7 Å². The molecule has 4 heterocycles. The Kier molecular flexibility index (Phi) is 5.99. The Bertz CT molecular complexity index is 1300. The molecule has 1 aliphatic rings. The number of carbonyl (C=O) groups is 2. The predicted molar refractivity (Wildman–Crippen MR) is 126 cm³/mol. The quantitative estimate of drug-likeness (QED) is 0.377. The van der Waals surface area contributed by atoms with Crippen LogP contribution < -0.4 is 10.6 Å². The molecule has 9 nitrogen and oxygen atoms in total. The average molecular weight is 499 g/mol. The van der Waals surface area contributed by atoms with Crippen molar-refractivity contribution in [2.24, 2.45) is 0 Å². The van der Waals surface area contributed by atoms with Crippen LogP contribution >= 0.6 is 23.2 Å². The van der Waals surface area contributed by atoms with Gasteiger partial charge in [0, 0.05) is 25.0 Å². The van der Waals surface area contributed by atoms with Crippen molar-refractivity contribution in [3.8, 4) is 0 Å². The lowest BCUT2D eigenvalue weighted by Gasteiger charge is -2.27. The highest BCUT2D eigenvalue weighted by molar-refractivity contribution is 6.41. The minimum Gasteiger partial charge on any atom is -0.370 e. The molecule has 4 aromatic rings. The number of imidazole rings is 1. The summed E-state index contributed by atoms with van der Waals surface area (Å²) in [5, 5.41) is 6.10. The fourth-order valence-corrected chi connectivity index (χ4v) is 4.29. The van der Waals surface area contributed by atoms with Crippen LogP contribution in [0.2, 0.25) is 10.2 Å². The van der Waals surface area contributed by atoms with E-state index in [0.717, 1.165) is 5.56 Å². The summed E-state index contributed by atoms with van der Waals surface area (Å²) in [6.07, 6.45) is 5.15. The van der Waals surface area contributed by atoms with Gasteiger partial charge in [0.25, 0.3) is 5.91 Å². The smallest absolute Gasteiger partial charge is 0.268 e. The van der Waals surface area contributed by atoms with Crippen molar-refractivity contribution in [3.63, 3.8) is 0 Å². The second-order valence-electron chi connectivity index (χ2n) is 8.04. The Hall–Kier alpha value is -3.40. The Balaban J connectivity index is 1.37. The summed E-state index contributed by atoms with van der Waals surface area (Å²) < 4.78 is 7.74. The molecule has 2 atom stereocenters. The Morgan fingerprint density at radius 1 is 1.24 bits per heavy atom. The van der Waals surface area contributed by atoms with Gasteiger partial charge in [-0.3, -0.25) is 14.0 Å². The molecule has 3 N–H and O–H groups in total. The molecule has 0 saturated carbocycles. The fourth-order valence-electron chi connectivity index (χ4n) is 3.98. The van der Waals surface area contributed by atoms with Crippen molar-refractivity contribution in [1.82, 2.24) is 30.0 Å². The number of aromatic amines is 1. The van der Waals surface area contributed by atoms with E-state index in [-0.39, 0.29) is 47.5 Å². The van der Waals surface area contributed by atoms with Crippen LogP contribution in [0.15, 0.2) is 61.1 Å². The van der Waals surface area contributed by atoms with Crippen LogP contribution in [0.3, 0.4) is 0 Å². The van der Waals surface area contributed by atoms with Crippen LogP contribution in [0.25, 0.3) is 5.78 Å². The van der Waals surface area contributed by atoms with Crippen molar-refractivity contribution >= 4 is 40.8 Å². The molecule has 5 rings (SSSR count). The second-order valence-corrected chi connectivity index (χ2v) is 8.82. The SMILES string of the molecule is O=C(N[C@@]1(C(=O)NCc2cn3cccnc3n2)CO[C@H](c2ccccc2)C1)c1cc(Cl)c(Cl)[nH]1. The van der Waals surface area contributed by atoms with E-state index in [2.05, 4.69) is 25.6 Å². The molecule has 3 aromatic heterocycles. The highest BCUT2D eigenvalue weighted by Gasteiger charge is 2.48. The number of hydrogen-bond acceptors (Lipinski definition) is 5. The summed E-state index contributed by atoms with van der Waals surface area (Å²) in [5.74, 6) is -0.366. The van der Waals surface area contributed by atoms with Crippen molar-refractivity contribution < 1.29 is 14.3 Å². The van der Waals surface area contributed by atoms with Crippen LogP contribution in [0.4, 0.5) is 0 Å². The van der Waals surface area contributed by atoms with Gasteiger partial charge in [-0.2, -0.15) is 0 Å². The molecule has 174 valence electrons. The standard InChI is InChI=1S/C23H20Cl2N6O3/c24-16-9-17(29-19(16)25)20(32)30-23(10-18(34-13-23)14-5-2-1-3-6-14)21(33)27-11-15-12-31-8-4-7-26-22(31)28-15/h1-9,12,18,29H,10-11,13H2,(H,27,33)(H,30,32)/t18-,23+/m0/s1. The predicted octanol–water partition coefficient (Wildman–Crippen LogP) is 3.31. The van der Waals surface area contributed by atoms with E-state index in [1.54, 1.807) is 22.9 Å². The number of benzene rings is 1. The number of rotatable bonds is 6. The lowest BCUT2D eigenvalue weighted by atomic mass is 9.91. The number of ether oxygens (including phenoxy) is 1. The summed E-state index contributed by atoms with van der Waals surface area (Å²) in [7, 11) is 0. The zero-order chi connectivity index (χ0) is 23.7. The molecule has 1 aromatic carbocycles. The van der Waals surface area contributed by atoms with Gasteiger partial charge >= 0.3 is 0 Å². The van der Waals surface area contributed by atoms with E-state index in [4.69, 9.17) is 27.9 Å². The van der Waals surface area contributed by atoms with Crippen molar-refractivity contribution in [1.29, 1.82) is 0 Å². The number of H-pyrrole nitrogens is 1. The fraction of sp³-hybridized carbons (Fsp3) is 0.217. The van der Waals surface area contributed by atoms with E-state index in [0.29, 0.717) is 11.5 Å². The number of halogens is 2. The summed E-state index contributed by atoms with van der Waals surface area (Å²) in [6, 6.07) is 12.8. The zero-order valence-corrected chi connectivity index (χ0v) is 19.3. The molecule has 1 fully saturated rings. The number of amides is 2. The summed E-state index contributed by atoms with van der Waals surface area (Å²) >= 11 is 11.9. The van der Waals surface area contributed by atoms with Gasteiger partial charge in [-0.25, -0.2) is 9.97 Å². The maximum Gasteiger partial charge on any atom is 0.268 e. The van der Waals surface area contributed by atoms with Gasteiger partial charge in [-0.15, -0.1) is 0 Å². The third-order valence-corrected chi connectivity index (χ3v) is 6.40. The molecule has 1 aliphatic heterocycles. The maximum atomic E-state index is 13.5. The second kappa shape index (κ2) is 9.09. The van der Waals surface area contributed by atoms with Gasteiger partial charge in [-0.1, -0.05) is 53.5 Å². The van der Waals surface area contributed by atoms with Crippen LogP contribution in [-0.2, 0) is 16.1 Å². The monoisotopic (exact) mass is 498 g/mol. The van der Waals surface area contributed by atoms with Crippen LogP contribution in [0.1, 0.15) is 34.3 Å². The molecule has 11 heteroatoms. The highest BCUT2D eigenvalue weighted by atomic mass is 35.5. The molecule has 0 bridgehead atoms.